The topological polar surface area (TPSA) is 38.7 Å². The van der Waals surface area contributed by atoms with Crippen molar-refractivity contribution in [1.29, 1.82) is 0 Å². The van der Waals surface area contributed by atoms with Crippen molar-refractivity contribution in [3.8, 4) is 34.6 Å². The van der Waals surface area contributed by atoms with Gasteiger partial charge in [0.25, 0.3) is 0 Å². The Balaban J connectivity index is 2.29. The van der Waals surface area contributed by atoms with Crippen LogP contribution in [-0.4, -0.2) is 15.0 Å². The number of nitrogens with zero attached hydrogens (tertiary/aromatic N) is 3. The minimum absolute atomic E-state index is 0.372. The molecule has 0 spiro atoms. The third-order valence-corrected chi connectivity index (χ3v) is 4.09. The Morgan fingerprint density at radius 3 is 2.25 bits per heavy atom. The first-order valence-electron chi connectivity index (χ1n) is 7.30. The Labute approximate surface area is 146 Å². The second-order valence-corrected chi connectivity index (χ2v) is 5.35. The van der Waals surface area contributed by atoms with E-state index in [9.17, 15) is 0 Å². The van der Waals surface area contributed by atoms with Gasteiger partial charge in [-0.1, -0.05) is 18.6 Å². The minimum atomic E-state index is 0.372. The Morgan fingerprint density at radius 1 is 0.958 bits per heavy atom. The van der Waals surface area contributed by atoms with Crippen LogP contribution in [0.15, 0.2) is 55.9 Å². The van der Waals surface area contributed by atoms with Crippen LogP contribution in [0.25, 0.3) is 28.3 Å². The summed E-state index contributed by atoms with van der Waals surface area (Å²) in [7, 11) is 0. The predicted octanol–water partition coefficient (Wildman–Crippen LogP) is 4.57. The maximum absolute atomic E-state index is 6.06. The molecule has 3 rings (SSSR count). The fourth-order valence-electron chi connectivity index (χ4n) is 2.62. The van der Waals surface area contributed by atoms with Crippen molar-refractivity contribution in [2.24, 2.45) is 0 Å². The van der Waals surface area contributed by atoms with Gasteiger partial charge in [0.15, 0.2) is 0 Å². The summed E-state index contributed by atoms with van der Waals surface area (Å²) >= 11 is 6.06. The minimum Gasteiger partial charge on any atom is -0.264 e. The van der Waals surface area contributed by atoms with Crippen molar-refractivity contribution < 1.29 is 0 Å². The van der Waals surface area contributed by atoms with E-state index < -0.39 is 0 Å². The van der Waals surface area contributed by atoms with Gasteiger partial charge in [0.1, 0.15) is 0 Å². The van der Waals surface area contributed by atoms with Crippen LogP contribution in [0.1, 0.15) is 16.7 Å². The van der Waals surface area contributed by atoms with Gasteiger partial charge >= 0.3 is 0 Å². The summed E-state index contributed by atoms with van der Waals surface area (Å²) in [5.41, 5.74) is 6.09. The Morgan fingerprint density at radius 2 is 1.58 bits per heavy atom. The molecule has 0 bridgehead atoms. The van der Waals surface area contributed by atoms with Crippen LogP contribution >= 0.6 is 11.6 Å². The molecule has 3 nitrogen and oxygen atoms in total. The summed E-state index contributed by atoms with van der Waals surface area (Å²) < 4.78 is 0. The molecule has 0 aliphatic carbocycles. The number of aromatic nitrogens is 3. The molecule has 0 N–H and O–H groups in total. The third kappa shape index (κ3) is 2.80. The molecule has 0 aliphatic heterocycles. The first-order valence-corrected chi connectivity index (χ1v) is 7.84. The van der Waals surface area contributed by atoms with Crippen LogP contribution in [0, 0.1) is 12.3 Å². The van der Waals surface area contributed by atoms with Gasteiger partial charge in [0.2, 0.25) is 0 Å². The smallest absolute Gasteiger partial charge is 0.0481 e. The number of hydrogen-bond acceptors (Lipinski definition) is 3. The van der Waals surface area contributed by atoms with Crippen LogP contribution in [0.4, 0.5) is 0 Å². The van der Waals surface area contributed by atoms with Gasteiger partial charge in [-0.25, -0.2) is 0 Å². The molecule has 3 aromatic heterocycles. The zero-order valence-electron chi connectivity index (χ0n) is 12.9. The lowest BCUT2D eigenvalue weighted by Gasteiger charge is -2.13. The predicted molar refractivity (Wildman–Crippen MR) is 98.3 cm³/mol. The second-order valence-electron chi connectivity index (χ2n) is 5.09. The normalized spacial score (nSPS) is 10.2. The first-order chi connectivity index (χ1) is 11.8. The third-order valence-electron chi connectivity index (χ3n) is 3.80. The summed E-state index contributed by atoms with van der Waals surface area (Å²) in [6.45, 7) is 3.85. The summed E-state index contributed by atoms with van der Waals surface area (Å²) in [6.07, 6.45) is 18.1. The monoisotopic (exact) mass is 331 g/mol. The lowest BCUT2D eigenvalue weighted by molar-refractivity contribution is 1.24. The molecule has 0 radical (unpaired) electrons. The number of rotatable bonds is 4. The van der Waals surface area contributed by atoms with Crippen LogP contribution < -0.4 is 0 Å². The van der Waals surface area contributed by atoms with Crippen molar-refractivity contribution in [3.63, 3.8) is 0 Å². The van der Waals surface area contributed by atoms with Gasteiger partial charge in [-0.3, -0.25) is 15.0 Å². The molecule has 0 saturated carbocycles. The number of halogens is 1. The molecule has 0 aliphatic rings. The highest BCUT2D eigenvalue weighted by atomic mass is 35.5. The van der Waals surface area contributed by atoms with E-state index >= 15 is 0 Å². The van der Waals surface area contributed by atoms with E-state index in [1.54, 1.807) is 43.3 Å². The van der Waals surface area contributed by atoms with Crippen molar-refractivity contribution >= 4 is 17.7 Å². The zero-order valence-corrected chi connectivity index (χ0v) is 13.7. The van der Waals surface area contributed by atoms with Crippen molar-refractivity contribution in [3.05, 3.63) is 72.6 Å². The largest absolute Gasteiger partial charge is 0.264 e. The first kappa shape index (κ1) is 15.9. The van der Waals surface area contributed by atoms with Gasteiger partial charge in [-0.2, -0.15) is 0 Å². The van der Waals surface area contributed by atoms with E-state index in [0.717, 1.165) is 38.9 Å². The molecule has 3 aromatic rings. The van der Waals surface area contributed by atoms with Crippen LogP contribution in [0.5, 0.6) is 0 Å². The van der Waals surface area contributed by atoms with Crippen LogP contribution in [-0.2, 0) is 5.88 Å². The maximum atomic E-state index is 6.06. The fourth-order valence-corrected chi connectivity index (χ4v) is 2.85. The molecular formula is C20H14ClN3. The van der Waals surface area contributed by atoms with E-state index in [4.69, 9.17) is 18.0 Å². The van der Waals surface area contributed by atoms with Crippen molar-refractivity contribution in [1.82, 2.24) is 15.0 Å². The van der Waals surface area contributed by atoms with E-state index in [1.165, 1.54) is 0 Å². The summed E-state index contributed by atoms with van der Waals surface area (Å²) in [5, 5.41) is 0. The molecule has 0 unspecified atom stereocenters. The molecular weight excluding hydrogens is 318 g/mol. The lowest BCUT2D eigenvalue weighted by atomic mass is 9.92. The SMILES string of the molecule is C#Cc1c(-c2cnccc2C=C)cncc1-c1cnccc1CCl. The molecule has 4 heteroatoms. The molecule has 0 aromatic carbocycles. The molecule has 3 heterocycles. The number of alkyl halides is 1. The maximum Gasteiger partial charge on any atom is 0.0481 e. The lowest BCUT2D eigenvalue weighted by Crippen LogP contribution is -1.96. The van der Waals surface area contributed by atoms with E-state index in [2.05, 4.69) is 27.5 Å². The van der Waals surface area contributed by atoms with Crippen molar-refractivity contribution in [2.45, 2.75) is 5.88 Å². The van der Waals surface area contributed by atoms with Gasteiger partial charge in [-0.15, -0.1) is 18.0 Å². The fraction of sp³-hybridized carbons (Fsp3) is 0.0500. The van der Waals surface area contributed by atoms with E-state index in [0.29, 0.717) is 5.88 Å². The number of pyridine rings is 3. The average molecular weight is 332 g/mol. The summed E-state index contributed by atoms with van der Waals surface area (Å²) in [5.74, 6) is 3.16. The highest BCUT2D eigenvalue weighted by molar-refractivity contribution is 6.17. The summed E-state index contributed by atoms with van der Waals surface area (Å²) in [6, 6.07) is 3.78. The Hall–Kier alpha value is -2.96. The Bertz CT molecular complexity index is 942. The average Bonchev–Trinajstić information content (AvgIpc) is 2.67. The number of terminal acetylenes is 1. The quantitative estimate of drug-likeness (QED) is 0.519. The number of hydrogen-bond donors (Lipinski definition) is 0. The molecule has 0 saturated heterocycles. The highest BCUT2D eigenvalue weighted by Gasteiger charge is 2.15. The molecule has 24 heavy (non-hydrogen) atoms. The second kappa shape index (κ2) is 7.08. The van der Waals surface area contributed by atoms with E-state index in [1.807, 2.05) is 12.1 Å². The Kier molecular flexibility index (Phi) is 4.69. The van der Waals surface area contributed by atoms with Gasteiger partial charge in [-0.05, 0) is 23.3 Å². The standard InChI is InChI=1S/C20H14ClN3/c1-3-14-5-7-22-10-17(14)19-12-24-13-20(16(19)4-2)18-11-23-8-6-15(18)9-21/h2-3,5-8,10-13H,1,9H2. The molecule has 0 amide bonds. The van der Waals surface area contributed by atoms with Crippen LogP contribution in [0.3, 0.4) is 0 Å². The van der Waals surface area contributed by atoms with Gasteiger partial charge in [0.05, 0.1) is 0 Å². The zero-order chi connectivity index (χ0) is 16.9. The van der Waals surface area contributed by atoms with Crippen molar-refractivity contribution in [2.75, 3.05) is 0 Å². The molecule has 0 fully saturated rings. The molecule has 0 atom stereocenters. The van der Waals surface area contributed by atoms with Gasteiger partial charge in [0, 0.05) is 70.9 Å². The highest BCUT2D eigenvalue weighted by Crippen LogP contribution is 2.34. The van der Waals surface area contributed by atoms with E-state index in [-0.39, 0.29) is 0 Å². The van der Waals surface area contributed by atoms with Gasteiger partial charge < -0.3 is 0 Å². The molecule has 116 valence electrons. The van der Waals surface area contributed by atoms with Crippen LogP contribution in [0.2, 0.25) is 0 Å². The summed E-state index contributed by atoms with van der Waals surface area (Å²) in [4.78, 5) is 12.8.